The minimum absolute atomic E-state index is 0.0862. The first kappa shape index (κ1) is 20.0. The lowest BCUT2D eigenvalue weighted by Gasteiger charge is -2.32. The number of hydrogen-bond acceptors (Lipinski definition) is 4. The molecule has 4 amide bonds. The third-order valence-corrected chi connectivity index (χ3v) is 4.35. The van der Waals surface area contributed by atoms with Gasteiger partial charge in [-0.2, -0.15) is 0 Å². The van der Waals surface area contributed by atoms with Crippen LogP contribution in [0.1, 0.15) is 24.2 Å². The van der Waals surface area contributed by atoms with E-state index >= 15 is 0 Å². The second-order valence-electron chi connectivity index (χ2n) is 6.32. The molecule has 1 fully saturated rings. The van der Waals surface area contributed by atoms with Crippen molar-refractivity contribution < 1.29 is 19.1 Å². The second-order valence-corrected chi connectivity index (χ2v) is 6.72. The van der Waals surface area contributed by atoms with Crippen LogP contribution in [0.5, 0.6) is 0 Å². The molecule has 8 nitrogen and oxygen atoms in total. The van der Waals surface area contributed by atoms with E-state index in [1.807, 2.05) is 13.8 Å². The number of morpholine rings is 1. The molecule has 1 saturated heterocycles. The Morgan fingerprint density at radius 1 is 1.23 bits per heavy atom. The van der Waals surface area contributed by atoms with Crippen molar-refractivity contribution in [3.8, 4) is 0 Å². The zero-order chi connectivity index (χ0) is 19.3. The lowest BCUT2D eigenvalue weighted by Crippen LogP contribution is -2.54. The molecule has 2 rings (SSSR count). The van der Waals surface area contributed by atoms with E-state index in [4.69, 9.17) is 22.1 Å². The van der Waals surface area contributed by atoms with Crippen molar-refractivity contribution in [3.05, 3.63) is 28.8 Å². The maximum Gasteiger partial charge on any atom is 0.319 e. The normalized spacial score (nSPS) is 15.5. The Balaban J connectivity index is 2.02. The van der Waals surface area contributed by atoms with Crippen molar-refractivity contribution in [2.45, 2.75) is 19.9 Å². The number of halogens is 1. The fraction of sp³-hybridized carbons (Fsp3) is 0.471. The van der Waals surface area contributed by atoms with Gasteiger partial charge in [0, 0.05) is 18.8 Å². The molecule has 0 bridgehead atoms. The zero-order valence-corrected chi connectivity index (χ0v) is 15.5. The Morgan fingerprint density at radius 3 is 2.42 bits per heavy atom. The fourth-order valence-corrected chi connectivity index (χ4v) is 2.87. The van der Waals surface area contributed by atoms with E-state index in [1.165, 1.54) is 18.2 Å². The predicted molar refractivity (Wildman–Crippen MR) is 98.1 cm³/mol. The molecule has 0 aliphatic carbocycles. The van der Waals surface area contributed by atoms with Gasteiger partial charge in [-0.25, -0.2) is 4.79 Å². The molecule has 4 N–H and O–H groups in total. The molecule has 0 radical (unpaired) electrons. The summed E-state index contributed by atoms with van der Waals surface area (Å²) >= 11 is 5.97. The van der Waals surface area contributed by atoms with Gasteiger partial charge in [0.25, 0.3) is 0 Å². The summed E-state index contributed by atoms with van der Waals surface area (Å²) in [5, 5.41) is 5.45. The van der Waals surface area contributed by atoms with Gasteiger partial charge in [-0.1, -0.05) is 25.4 Å². The summed E-state index contributed by atoms with van der Waals surface area (Å²) in [5.41, 5.74) is 5.75. The van der Waals surface area contributed by atoms with E-state index in [-0.39, 0.29) is 22.4 Å². The minimum Gasteiger partial charge on any atom is -0.378 e. The number of rotatable bonds is 5. The number of hydrogen-bond donors (Lipinski definition) is 3. The topological polar surface area (TPSA) is 114 Å². The fourth-order valence-electron chi connectivity index (χ4n) is 2.60. The van der Waals surface area contributed by atoms with Crippen molar-refractivity contribution >= 4 is 35.1 Å². The number of amides is 4. The molecule has 0 unspecified atom stereocenters. The quantitative estimate of drug-likeness (QED) is 0.714. The van der Waals surface area contributed by atoms with Crippen molar-refractivity contribution in [1.82, 2.24) is 10.2 Å². The van der Waals surface area contributed by atoms with Gasteiger partial charge < -0.3 is 26.0 Å². The van der Waals surface area contributed by atoms with Gasteiger partial charge >= 0.3 is 6.03 Å². The van der Waals surface area contributed by atoms with Crippen molar-refractivity contribution in [1.29, 1.82) is 0 Å². The van der Waals surface area contributed by atoms with E-state index in [1.54, 1.807) is 4.90 Å². The molecule has 1 heterocycles. The molecule has 0 saturated carbocycles. The average molecular weight is 383 g/mol. The van der Waals surface area contributed by atoms with Crippen LogP contribution < -0.4 is 16.4 Å². The maximum absolute atomic E-state index is 12.7. The highest BCUT2D eigenvalue weighted by atomic mass is 35.5. The number of primary amides is 1. The summed E-state index contributed by atoms with van der Waals surface area (Å²) < 4.78 is 5.25. The number of nitrogens with one attached hydrogen (secondary N) is 2. The molecule has 1 aromatic rings. The summed E-state index contributed by atoms with van der Waals surface area (Å²) in [5.74, 6) is -0.875. The van der Waals surface area contributed by atoms with E-state index in [2.05, 4.69) is 10.6 Å². The van der Waals surface area contributed by atoms with Crippen LogP contribution in [0.25, 0.3) is 0 Å². The van der Waals surface area contributed by atoms with Gasteiger partial charge in [0.2, 0.25) is 11.8 Å². The zero-order valence-electron chi connectivity index (χ0n) is 14.8. The molecular weight excluding hydrogens is 360 g/mol. The third kappa shape index (κ3) is 5.09. The van der Waals surface area contributed by atoms with Crippen LogP contribution in [0, 0.1) is 5.92 Å². The molecule has 1 aromatic carbocycles. The number of benzene rings is 1. The van der Waals surface area contributed by atoms with Crippen LogP contribution in [-0.2, 0) is 9.53 Å². The lowest BCUT2D eigenvalue weighted by atomic mass is 10.0. The maximum atomic E-state index is 12.7. The summed E-state index contributed by atoms with van der Waals surface area (Å²) in [7, 11) is 0. The van der Waals surface area contributed by atoms with Crippen LogP contribution >= 0.6 is 11.6 Å². The molecule has 0 aromatic heterocycles. The smallest absolute Gasteiger partial charge is 0.319 e. The van der Waals surface area contributed by atoms with Crippen molar-refractivity contribution in [2.24, 2.45) is 11.7 Å². The molecular formula is C17H23ClN4O4. The highest BCUT2D eigenvalue weighted by molar-refractivity contribution is 6.34. The third-order valence-electron chi connectivity index (χ3n) is 4.03. The van der Waals surface area contributed by atoms with Crippen molar-refractivity contribution in [2.75, 3.05) is 31.6 Å². The Hall–Kier alpha value is -2.32. The number of anilines is 1. The number of urea groups is 1. The van der Waals surface area contributed by atoms with Crippen LogP contribution in [0.3, 0.4) is 0 Å². The SMILES string of the molecule is CC(C)[C@H](NC(=O)Nc1ccc(C(N)=O)c(Cl)c1)C(=O)N1CCOCC1. The van der Waals surface area contributed by atoms with Crippen LogP contribution in [0.4, 0.5) is 10.5 Å². The summed E-state index contributed by atoms with van der Waals surface area (Å²) in [6, 6.07) is 3.18. The first-order valence-corrected chi connectivity index (χ1v) is 8.70. The standard InChI is InChI=1S/C17H23ClN4O4/c1-10(2)14(16(24)22-5-7-26-8-6-22)21-17(25)20-11-3-4-12(15(19)23)13(18)9-11/h3-4,9-10,14H,5-8H2,1-2H3,(H2,19,23)(H2,20,21,25)/t14-/m0/s1. The molecule has 1 atom stereocenters. The lowest BCUT2D eigenvalue weighted by molar-refractivity contribution is -0.138. The first-order valence-electron chi connectivity index (χ1n) is 8.33. The van der Waals surface area contributed by atoms with Crippen molar-refractivity contribution in [3.63, 3.8) is 0 Å². The van der Waals surface area contributed by atoms with E-state index < -0.39 is 18.0 Å². The molecule has 142 valence electrons. The Morgan fingerprint density at radius 2 is 1.88 bits per heavy atom. The molecule has 9 heteroatoms. The van der Waals surface area contributed by atoms with Gasteiger partial charge in [0.05, 0.1) is 23.8 Å². The van der Waals surface area contributed by atoms with E-state index in [0.717, 1.165) is 0 Å². The molecule has 0 spiro atoms. The van der Waals surface area contributed by atoms with Crippen LogP contribution in [0.15, 0.2) is 18.2 Å². The van der Waals surface area contributed by atoms with Gasteiger partial charge in [0.1, 0.15) is 6.04 Å². The number of ether oxygens (including phenoxy) is 1. The monoisotopic (exact) mass is 382 g/mol. The Kier molecular flexibility index (Phi) is 6.82. The average Bonchev–Trinajstić information content (AvgIpc) is 2.59. The predicted octanol–water partition coefficient (Wildman–Crippen LogP) is 1.44. The van der Waals surface area contributed by atoms with Gasteiger partial charge in [0.15, 0.2) is 0 Å². The van der Waals surface area contributed by atoms with Gasteiger partial charge in [-0.05, 0) is 24.1 Å². The number of nitrogens with zero attached hydrogens (tertiary/aromatic N) is 1. The Labute approximate surface area is 157 Å². The molecule has 1 aliphatic rings. The van der Waals surface area contributed by atoms with Gasteiger partial charge in [-0.3, -0.25) is 9.59 Å². The highest BCUT2D eigenvalue weighted by Crippen LogP contribution is 2.20. The summed E-state index contributed by atoms with van der Waals surface area (Å²) in [4.78, 5) is 37.8. The van der Waals surface area contributed by atoms with Crippen LogP contribution in [0.2, 0.25) is 5.02 Å². The summed E-state index contributed by atoms with van der Waals surface area (Å²) in [6.45, 7) is 5.73. The molecule has 26 heavy (non-hydrogen) atoms. The minimum atomic E-state index is -0.659. The highest BCUT2D eigenvalue weighted by Gasteiger charge is 2.29. The second kappa shape index (κ2) is 8.86. The Bertz CT molecular complexity index is 689. The first-order chi connectivity index (χ1) is 12.3. The van der Waals surface area contributed by atoms with Crippen LogP contribution in [-0.4, -0.2) is 55.1 Å². The van der Waals surface area contributed by atoms with Gasteiger partial charge in [-0.15, -0.1) is 0 Å². The largest absolute Gasteiger partial charge is 0.378 e. The number of nitrogens with two attached hydrogens (primary N) is 1. The van der Waals surface area contributed by atoms with E-state index in [0.29, 0.717) is 32.0 Å². The number of carbonyl (C=O) groups excluding carboxylic acids is 3. The van der Waals surface area contributed by atoms with E-state index in [9.17, 15) is 14.4 Å². The molecule has 1 aliphatic heterocycles. The number of carbonyl (C=O) groups is 3. The summed E-state index contributed by atoms with van der Waals surface area (Å²) in [6.07, 6.45) is 0.